The number of Topliss-reactive ketones (excluding diaryl/α,β-unsaturated/α-hetero) is 3. The average molecular weight is 603 g/mol. The van der Waals surface area contributed by atoms with Crippen molar-refractivity contribution in [3.8, 4) is 0 Å². The van der Waals surface area contributed by atoms with E-state index in [1.165, 1.54) is 0 Å². The average Bonchev–Trinajstić information content (AvgIpc) is 3.54. The Morgan fingerprint density at radius 3 is 2.20 bits per heavy atom. The molecule has 1 saturated carbocycles. The Morgan fingerprint density at radius 1 is 1.00 bits per heavy atom. The van der Waals surface area contributed by atoms with Gasteiger partial charge in [-0.05, 0) is 91.9 Å². The first kappa shape index (κ1) is 32.6. The van der Waals surface area contributed by atoms with Gasteiger partial charge in [0, 0.05) is 17.6 Å². The van der Waals surface area contributed by atoms with E-state index >= 15 is 9.59 Å². The highest BCUT2D eigenvalue weighted by molar-refractivity contribution is 6.36. The molecule has 3 fully saturated rings. The maximum Gasteiger partial charge on any atom is 0.184 e. The van der Waals surface area contributed by atoms with Crippen molar-refractivity contribution in [3.05, 3.63) is 70.5 Å². The Balaban J connectivity index is 1.74. The molecule has 0 radical (unpaired) electrons. The third-order valence-electron chi connectivity index (χ3n) is 11.2. The predicted octanol–water partition coefficient (Wildman–Crippen LogP) is 7.50. The first-order valence-corrected chi connectivity index (χ1v) is 16.2. The lowest BCUT2D eigenvalue weighted by atomic mass is 9.39. The fourth-order valence-corrected chi connectivity index (χ4v) is 8.38. The maximum absolute atomic E-state index is 15.4. The number of hydrogen-bond acceptors (Lipinski definition) is 6. The number of ether oxygens (including phenoxy) is 2. The largest absolute Gasteiger partial charge is 0.490 e. The molecular weight excluding hydrogens is 552 g/mol. The molecule has 2 saturated heterocycles. The summed E-state index contributed by atoms with van der Waals surface area (Å²) in [5, 5.41) is 10.8. The molecule has 6 nitrogen and oxygen atoms in total. The molecule has 44 heavy (non-hydrogen) atoms. The summed E-state index contributed by atoms with van der Waals surface area (Å²) >= 11 is 0. The summed E-state index contributed by atoms with van der Waals surface area (Å²) in [7, 11) is 0. The van der Waals surface area contributed by atoms with Crippen LogP contribution in [0.3, 0.4) is 0 Å². The number of fused-ring (bicyclic) bond motifs is 1. The lowest BCUT2D eigenvalue weighted by molar-refractivity contribution is -0.163. The van der Waals surface area contributed by atoms with Gasteiger partial charge in [-0.15, -0.1) is 0 Å². The number of benzene rings is 1. The molecule has 2 bridgehead atoms. The molecule has 6 heteroatoms. The molecule has 4 aliphatic rings. The van der Waals surface area contributed by atoms with E-state index in [9.17, 15) is 9.90 Å². The van der Waals surface area contributed by atoms with Gasteiger partial charge in [0.25, 0.3) is 0 Å². The van der Waals surface area contributed by atoms with E-state index in [4.69, 9.17) is 9.47 Å². The second-order valence-corrected chi connectivity index (χ2v) is 15.5. The number of aliphatic hydroxyl groups is 1. The van der Waals surface area contributed by atoms with E-state index in [2.05, 4.69) is 6.08 Å². The third-order valence-corrected chi connectivity index (χ3v) is 11.2. The summed E-state index contributed by atoms with van der Waals surface area (Å²) in [6.45, 7) is 17.4. The molecule has 0 aromatic heterocycles. The molecule has 1 N–H and O–H groups in total. The quantitative estimate of drug-likeness (QED) is 0.188. The van der Waals surface area contributed by atoms with Gasteiger partial charge in [-0.3, -0.25) is 14.4 Å². The van der Waals surface area contributed by atoms with Gasteiger partial charge in [0.1, 0.15) is 17.5 Å². The van der Waals surface area contributed by atoms with Crippen molar-refractivity contribution < 1.29 is 29.0 Å². The predicted molar refractivity (Wildman–Crippen MR) is 171 cm³/mol. The zero-order valence-electron chi connectivity index (χ0n) is 28.0. The van der Waals surface area contributed by atoms with Gasteiger partial charge in [-0.25, -0.2) is 0 Å². The molecule has 1 aromatic rings. The fraction of sp³-hybridized carbons (Fsp3) is 0.605. The molecule has 3 unspecified atom stereocenters. The van der Waals surface area contributed by atoms with Gasteiger partial charge < -0.3 is 14.6 Å². The number of carbonyl (C=O) groups excluding carboxylic acids is 3. The molecule has 1 spiro atoms. The van der Waals surface area contributed by atoms with Gasteiger partial charge in [0.05, 0.1) is 17.1 Å². The van der Waals surface area contributed by atoms with E-state index < -0.39 is 45.1 Å². The van der Waals surface area contributed by atoms with Crippen LogP contribution in [0.5, 0.6) is 0 Å². The monoisotopic (exact) mass is 602 g/mol. The van der Waals surface area contributed by atoms with Crippen molar-refractivity contribution in [2.75, 3.05) is 0 Å². The van der Waals surface area contributed by atoms with Gasteiger partial charge in [0.2, 0.25) is 0 Å². The van der Waals surface area contributed by atoms with Crippen molar-refractivity contribution >= 4 is 17.3 Å². The van der Waals surface area contributed by atoms with Crippen LogP contribution in [0.2, 0.25) is 0 Å². The van der Waals surface area contributed by atoms with Crippen LogP contribution in [0, 0.1) is 22.2 Å². The van der Waals surface area contributed by atoms with Crippen LogP contribution < -0.4 is 0 Å². The fourth-order valence-electron chi connectivity index (χ4n) is 8.38. The van der Waals surface area contributed by atoms with Gasteiger partial charge >= 0.3 is 0 Å². The normalized spacial score (nSPS) is 34.4. The van der Waals surface area contributed by atoms with Crippen LogP contribution in [-0.4, -0.2) is 45.9 Å². The second kappa shape index (κ2) is 10.9. The molecular formula is C38H50O6. The molecule has 2 aliphatic carbocycles. The summed E-state index contributed by atoms with van der Waals surface area (Å²) in [4.78, 5) is 45.4. The molecule has 5 rings (SSSR count). The number of carbonyl (C=O) groups is 3. The number of hydrogen-bond donors (Lipinski definition) is 1. The van der Waals surface area contributed by atoms with Crippen LogP contribution in [0.1, 0.15) is 111 Å². The Kier molecular flexibility index (Phi) is 8.07. The lowest BCUT2D eigenvalue weighted by Gasteiger charge is -2.58. The minimum absolute atomic E-state index is 0.129. The maximum atomic E-state index is 15.4. The lowest BCUT2D eigenvalue weighted by Crippen LogP contribution is -2.69. The zero-order chi connectivity index (χ0) is 32.5. The van der Waals surface area contributed by atoms with Crippen molar-refractivity contribution in [1.82, 2.24) is 0 Å². The minimum atomic E-state index is -1.88. The van der Waals surface area contributed by atoms with E-state index in [0.717, 1.165) is 11.1 Å². The number of allylic oxidation sites excluding steroid dienone is 6. The molecule has 0 amide bonds. The summed E-state index contributed by atoms with van der Waals surface area (Å²) < 4.78 is 13.4. The summed E-state index contributed by atoms with van der Waals surface area (Å²) in [5.41, 5.74) is -2.74. The SMILES string of the molecule is CC(C)=CCC1=C2OC(C3(C)CCC(C(C)(C)O)O3)C[C@@]23C[C@@H](CC=C(C)C)C(C)(C)[C@@](C(=O)c2ccccc2)(C1=O)C3=O. The smallest absolute Gasteiger partial charge is 0.184 e. The standard InChI is InChI=1S/C38H50O6/c1-23(2)15-17-26-21-37-22-29(36(9)20-19-28(44-36)35(7,8)42)43-32(37)27(18-16-24(3)4)31(40)38(33(37)41,34(26,5)6)30(39)25-13-11-10-12-14-25/h10-16,26,28-29,42H,17-22H2,1-9H3/t26-,28?,29?,36?,37+,38+/m1/s1. The van der Waals surface area contributed by atoms with Crippen LogP contribution in [0.15, 0.2) is 65.0 Å². The first-order chi connectivity index (χ1) is 20.4. The number of rotatable bonds is 8. The molecule has 1 aromatic carbocycles. The molecule has 2 heterocycles. The topological polar surface area (TPSA) is 89.9 Å². The Hall–Kier alpha value is -2.83. The van der Waals surface area contributed by atoms with E-state index in [1.54, 1.807) is 38.1 Å². The summed E-state index contributed by atoms with van der Waals surface area (Å²) in [6.07, 6.45) is 6.37. The van der Waals surface area contributed by atoms with Crippen molar-refractivity contribution in [1.29, 1.82) is 0 Å². The van der Waals surface area contributed by atoms with Crippen molar-refractivity contribution in [2.45, 2.75) is 124 Å². The van der Waals surface area contributed by atoms with E-state index in [0.29, 0.717) is 55.4 Å². The summed E-state index contributed by atoms with van der Waals surface area (Å²) in [6, 6.07) is 8.83. The minimum Gasteiger partial charge on any atom is -0.490 e. The second-order valence-electron chi connectivity index (χ2n) is 15.5. The van der Waals surface area contributed by atoms with Gasteiger partial charge in [-0.1, -0.05) is 67.5 Å². The first-order valence-electron chi connectivity index (χ1n) is 16.2. The van der Waals surface area contributed by atoms with Crippen LogP contribution in [0.4, 0.5) is 0 Å². The molecule has 2 aliphatic heterocycles. The molecule has 238 valence electrons. The van der Waals surface area contributed by atoms with Gasteiger partial charge in [0.15, 0.2) is 22.8 Å². The Morgan fingerprint density at radius 2 is 1.64 bits per heavy atom. The van der Waals surface area contributed by atoms with Crippen LogP contribution in [0.25, 0.3) is 0 Å². The Bertz CT molecular complexity index is 1450. The van der Waals surface area contributed by atoms with Crippen molar-refractivity contribution in [3.63, 3.8) is 0 Å². The highest BCUT2D eigenvalue weighted by Gasteiger charge is 2.77. The van der Waals surface area contributed by atoms with Gasteiger partial charge in [-0.2, -0.15) is 0 Å². The zero-order valence-corrected chi connectivity index (χ0v) is 28.0. The van der Waals surface area contributed by atoms with Crippen molar-refractivity contribution in [2.24, 2.45) is 22.2 Å². The van der Waals surface area contributed by atoms with Crippen LogP contribution >= 0.6 is 0 Å². The number of ketones is 3. The van der Waals surface area contributed by atoms with Crippen LogP contribution in [-0.2, 0) is 19.1 Å². The van der Waals surface area contributed by atoms with E-state index in [1.807, 2.05) is 60.6 Å². The third kappa shape index (κ3) is 4.79. The van der Waals surface area contributed by atoms with E-state index in [-0.39, 0.29) is 17.8 Å². The highest BCUT2D eigenvalue weighted by atomic mass is 16.6. The molecule has 6 atom stereocenters. The summed E-state index contributed by atoms with van der Waals surface area (Å²) in [5.74, 6) is -0.835. The highest BCUT2D eigenvalue weighted by Crippen LogP contribution is 2.69. The Labute approximate surface area is 263 Å².